The molecule has 0 aliphatic heterocycles. The van der Waals surface area contributed by atoms with Gasteiger partial charge in [-0.3, -0.25) is 0 Å². The molecular formula is C6H11NO3. The third-order valence-electron chi connectivity index (χ3n) is 1.01. The molecule has 4 nitrogen and oxygen atoms in total. The van der Waals surface area contributed by atoms with E-state index in [2.05, 4.69) is 5.16 Å². The second-order valence-electron chi connectivity index (χ2n) is 3.00. The molecule has 0 bridgehead atoms. The Hall–Kier alpha value is -1.06. The summed E-state index contributed by atoms with van der Waals surface area (Å²) in [5, 5.41) is 19.3. The number of aliphatic carboxylic acids is 1. The van der Waals surface area contributed by atoms with Gasteiger partial charge in [0.1, 0.15) is 0 Å². The van der Waals surface area contributed by atoms with Crippen LogP contribution in [0.25, 0.3) is 0 Å². The molecule has 0 aliphatic carbocycles. The van der Waals surface area contributed by atoms with E-state index in [1.165, 1.54) is 0 Å². The van der Waals surface area contributed by atoms with E-state index in [1.807, 2.05) is 0 Å². The van der Waals surface area contributed by atoms with Crippen molar-refractivity contribution in [2.75, 3.05) is 0 Å². The monoisotopic (exact) mass is 145 g/mol. The van der Waals surface area contributed by atoms with E-state index in [1.54, 1.807) is 20.8 Å². The third-order valence-corrected chi connectivity index (χ3v) is 1.01. The Kier molecular flexibility index (Phi) is 2.40. The van der Waals surface area contributed by atoms with E-state index in [4.69, 9.17) is 10.3 Å². The zero-order chi connectivity index (χ0) is 8.36. The Labute approximate surface area is 59.2 Å². The molecule has 0 aromatic carbocycles. The minimum Gasteiger partial charge on any atom is -0.477 e. The van der Waals surface area contributed by atoms with Crippen LogP contribution >= 0.6 is 0 Å². The van der Waals surface area contributed by atoms with E-state index in [9.17, 15) is 4.79 Å². The van der Waals surface area contributed by atoms with Gasteiger partial charge in [0.05, 0.1) is 0 Å². The molecule has 0 radical (unpaired) electrons. The minimum atomic E-state index is -1.19. The molecule has 0 spiro atoms. The van der Waals surface area contributed by atoms with E-state index >= 15 is 0 Å². The highest BCUT2D eigenvalue weighted by molar-refractivity contribution is 6.37. The molecule has 0 heterocycles. The van der Waals surface area contributed by atoms with Gasteiger partial charge in [-0.2, -0.15) is 0 Å². The maximum atomic E-state index is 10.3. The lowest BCUT2D eigenvalue weighted by molar-refractivity contribution is -0.130. The van der Waals surface area contributed by atoms with Gasteiger partial charge in [-0.15, -0.1) is 0 Å². The van der Waals surface area contributed by atoms with Crippen molar-refractivity contribution >= 4 is 11.7 Å². The summed E-state index contributed by atoms with van der Waals surface area (Å²) in [6.45, 7) is 4.99. The predicted octanol–water partition coefficient (Wildman–Crippen LogP) is 0.947. The molecule has 0 aromatic rings. The van der Waals surface area contributed by atoms with Gasteiger partial charge in [0.2, 0.25) is 0 Å². The first-order valence-electron chi connectivity index (χ1n) is 2.85. The van der Waals surface area contributed by atoms with Crippen molar-refractivity contribution in [2.45, 2.75) is 20.8 Å². The van der Waals surface area contributed by atoms with Gasteiger partial charge >= 0.3 is 5.97 Å². The molecule has 0 saturated heterocycles. The maximum Gasteiger partial charge on any atom is 0.354 e. The molecular weight excluding hydrogens is 134 g/mol. The molecule has 0 rings (SSSR count). The van der Waals surface area contributed by atoms with Crippen molar-refractivity contribution in [3.05, 3.63) is 0 Å². The van der Waals surface area contributed by atoms with Crippen LogP contribution in [0.5, 0.6) is 0 Å². The molecule has 0 aliphatic rings. The van der Waals surface area contributed by atoms with Crippen LogP contribution in [0.3, 0.4) is 0 Å². The van der Waals surface area contributed by atoms with Crippen LogP contribution in [-0.2, 0) is 4.79 Å². The number of hydrogen-bond donors (Lipinski definition) is 2. The van der Waals surface area contributed by atoms with Gasteiger partial charge in [0, 0.05) is 5.41 Å². The van der Waals surface area contributed by atoms with E-state index in [0.29, 0.717) is 0 Å². The van der Waals surface area contributed by atoms with Crippen molar-refractivity contribution in [1.29, 1.82) is 0 Å². The number of rotatable bonds is 1. The average molecular weight is 145 g/mol. The highest BCUT2D eigenvalue weighted by atomic mass is 16.4. The van der Waals surface area contributed by atoms with Crippen molar-refractivity contribution < 1.29 is 15.1 Å². The number of oxime groups is 1. The van der Waals surface area contributed by atoms with Crippen LogP contribution in [-0.4, -0.2) is 22.0 Å². The molecule has 58 valence electrons. The lowest BCUT2D eigenvalue weighted by Crippen LogP contribution is -2.28. The van der Waals surface area contributed by atoms with E-state index in [0.717, 1.165) is 0 Å². The number of carboxylic acid groups (broad SMARTS) is 1. The van der Waals surface area contributed by atoms with Crippen molar-refractivity contribution in [2.24, 2.45) is 10.6 Å². The van der Waals surface area contributed by atoms with Crippen LogP contribution in [0.2, 0.25) is 0 Å². The fourth-order valence-electron chi connectivity index (χ4n) is 0.514. The SMILES string of the molecule is CC(C)(C)C(=NO)C(=O)O. The lowest BCUT2D eigenvalue weighted by atomic mass is 9.90. The summed E-state index contributed by atoms with van der Waals surface area (Å²) in [6, 6.07) is 0. The Balaban J connectivity index is 4.56. The largest absolute Gasteiger partial charge is 0.477 e. The summed E-state index contributed by atoms with van der Waals surface area (Å²) in [7, 11) is 0. The number of nitrogens with zero attached hydrogens (tertiary/aromatic N) is 1. The summed E-state index contributed by atoms with van der Waals surface area (Å²) >= 11 is 0. The molecule has 0 aromatic heterocycles. The molecule has 0 fully saturated rings. The molecule has 0 unspecified atom stereocenters. The third kappa shape index (κ3) is 2.05. The number of hydrogen-bond acceptors (Lipinski definition) is 3. The fraction of sp³-hybridized carbons (Fsp3) is 0.667. The summed E-state index contributed by atoms with van der Waals surface area (Å²) < 4.78 is 0. The van der Waals surface area contributed by atoms with Crippen LogP contribution in [0.4, 0.5) is 0 Å². The molecule has 0 atom stereocenters. The second-order valence-corrected chi connectivity index (χ2v) is 3.00. The van der Waals surface area contributed by atoms with Crippen molar-refractivity contribution in [3.8, 4) is 0 Å². The van der Waals surface area contributed by atoms with Gasteiger partial charge in [0.25, 0.3) is 0 Å². The first kappa shape index (κ1) is 8.94. The van der Waals surface area contributed by atoms with Gasteiger partial charge < -0.3 is 10.3 Å². The molecule has 4 heteroatoms. The number of carbonyl (C=O) groups is 1. The van der Waals surface area contributed by atoms with Crippen LogP contribution in [0.1, 0.15) is 20.8 Å². The molecule has 0 amide bonds. The van der Waals surface area contributed by atoms with Gasteiger partial charge in [-0.05, 0) is 0 Å². The molecule has 10 heavy (non-hydrogen) atoms. The normalized spacial score (nSPS) is 13.3. The Morgan fingerprint density at radius 1 is 1.40 bits per heavy atom. The van der Waals surface area contributed by atoms with Crippen LogP contribution < -0.4 is 0 Å². The van der Waals surface area contributed by atoms with Crippen LogP contribution in [0.15, 0.2) is 5.16 Å². The van der Waals surface area contributed by atoms with Crippen molar-refractivity contribution in [3.63, 3.8) is 0 Å². The zero-order valence-electron chi connectivity index (χ0n) is 6.25. The highest BCUT2D eigenvalue weighted by Crippen LogP contribution is 2.15. The summed E-state index contributed by atoms with van der Waals surface area (Å²) in [4.78, 5) is 10.3. The molecule has 0 saturated carbocycles. The summed E-state index contributed by atoms with van der Waals surface area (Å²) in [5.41, 5.74) is -0.840. The average Bonchev–Trinajstić information content (AvgIpc) is 1.60. The number of carboxylic acids is 1. The zero-order valence-corrected chi connectivity index (χ0v) is 6.25. The highest BCUT2D eigenvalue weighted by Gasteiger charge is 2.25. The topological polar surface area (TPSA) is 69.9 Å². The lowest BCUT2D eigenvalue weighted by Gasteiger charge is -2.15. The first-order chi connectivity index (χ1) is 4.39. The maximum absolute atomic E-state index is 10.3. The summed E-state index contributed by atoms with van der Waals surface area (Å²) in [5.74, 6) is -1.19. The van der Waals surface area contributed by atoms with Gasteiger partial charge in [-0.25, -0.2) is 4.79 Å². The van der Waals surface area contributed by atoms with Crippen LogP contribution in [0, 0.1) is 5.41 Å². The van der Waals surface area contributed by atoms with Crippen molar-refractivity contribution in [1.82, 2.24) is 0 Å². The Bertz CT molecular complexity index is 166. The Morgan fingerprint density at radius 3 is 1.80 bits per heavy atom. The smallest absolute Gasteiger partial charge is 0.354 e. The van der Waals surface area contributed by atoms with Gasteiger partial charge in [0.15, 0.2) is 5.71 Å². The second kappa shape index (κ2) is 2.68. The predicted molar refractivity (Wildman–Crippen MR) is 36.3 cm³/mol. The van der Waals surface area contributed by atoms with E-state index < -0.39 is 11.4 Å². The first-order valence-corrected chi connectivity index (χ1v) is 2.85. The van der Waals surface area contributed by atoms with E-state index in [-0.39, 0.29) is 5.71 Å². The molecule has 2 N–H and O–H groups in total. The Morgan fingerprint density at radius 2 is 1.80 bits per heavy atom. The standard InChI is InChI=1S/C6H11NO3/c1-6(2,3)4(7-10)5(8)9/h10H,1-3H3,(H,8,9). The minimum absolute atomic E-state index is 0.229. The quantitative estimate of drug-likeness (QED) is 0.328. The summed E-state index contributed by atoms with van der Waals surface area (Å²) in [6.07, 6.45) is 0. The van der Waals surface area contributed by atoms with Gasteiger partial charge in [-0.1, -0.05) is 25.9 Å². The fourth-order valence-corrected chi connectivity index (χ4v) is 0.514.